The highest BCUT2D eigenvalue weighted by Gasteiger charge is 2.15. The summed E-state index contributed by atoms with van der Waals surface area (Å²) in [5.74, 6) is -1.44. The number of rotatable bonds is 4. The van der Waals surface area contributed by atoms with Gasteiger partial charge >= 0.3 is 5.97 Å². The minimum absolute atomic E-state index is 0.0456. The molecule has 0 radical (unpaired) electrons. The van der Waals surface area contributed by atoms with E-state index in [0.717, 1.165) is 22.0 Å². The Bertz CT molecular complexity index is 1150. The molecule has 0 fully saturated rings. The molecule has 0 saturated heterocycles. The second-order valence-corrected chi connectivity index (χ2v) is 6.13. The molecule has 1 aromatic heterocycles. The molecule has 5 heteroatoms. The van der Waals surface area contributed by atoms with Crippen molar-refractivity contribution in [2.45, 2.75) is 0 Å². The van der Waals surface area contributed by atoms with Crippen molar-refractivity contribution in [2.75, 3.05) is 5.32 Å². The summed E-state index contributed by atoms with van der Waals surface area (Å²) in [4.78, 5) is 27.3. The zero-order chi connectivity index (χ0) is 18.8. The Kier molecular flexibility index (Phi) is 4.18. The maximum absolute atomic E-state index is 12.5. The van der Waals surface area contributed by atoms with Gasteiger partial charge in [0, 0.05) is 22.7 Å². The molecule has 3 N–H and O–H groups in total. The van der Waals surface area contributed by atoms with Crippen LogP contribution >= 0.6 is 0 Å². The number of carboxylic acids is 1. The number of carbonyl (C=O) groups excluding carboxylic acids is 1. The number of aromatic nitrogens is 1. The normalized spacial score (nSPS) is 10.7. The van der Waals surface area contributed by atoms with Gasteiger partial charge in [-0.15, -0.1) is 0 Å². The zero-order valence-electron chi connectivity index (χ0n) is 14.3. The predicted octanol–water partition coefficient (Wildman–Crippen LogP) is 4.79. The van der Waals surface area contributed by atoms with E-state index < -0.39 is 5.97 Å². The molecule has 0 saturated carbocycles. The first-order chi connectivity index (χ1) is 13.1. The summed E-state index contributed by atoms with van der Waals surface area (Å²) < 4.78 is 0. The second kappa shape index (κ2) is 6.80. The first kappa shape index (κ1) is 16.6. The number of H-pyrrole nitrogens is 1. The van der Waals surface area contributed by atoms with Gasteiger partial charge in [-0.3, -0.25) is 4.79 Å². The van der Waals surface area contributed by atoms with E-state index in [1.54, 1.807) is 36.4 Å². The Morgan fingerprint density at radius 1 is 0.889 bits per heavy atom. The number of amides is 1. The number of hydrogen-bond acceptors (Lipinski definition) is 2. The summed E-state index contributed by atoms with van der Waals surface area (Å²) >= 11 is 0. The maximum atomic E-state index is 12.5. The van der Waals surface area contributed by atoms with Gasteiger partial charge in [0.15, 0.2) is 0 Å². The highest BCUT2D eigenvalue weighted by molar-refractivity contribution is 6.08. The highest BCUT2D eigenvalue weighted by Crippen LogP contribution is 2.31. The molecule has 27 heavy (non-hydrogen) atoms. The largest absolute Gasteiger partial charge is 0.478 e. The lowest BCUT2D eigenvalue weighted by atomic mass is 9.99. The zero-order valence-corrected chi connectivity index (χ0v) is 14.3. The molecule has 1 heterocycles. The first-order valence-electron chi connectivity index (χ1n) is 8.44. The van der Waals surface area contributed by atoms with E-state index in [1.807, 2.05) is 36.5 Å². The molecule has 0 atom stereocenters. The van der Waals surface area contributed by atoms with Crippen LogP contribution < -0.4 is 5.32 Å². The summed E-state index contributed by atoms with van der Waals surface area (Å²) in [6.07, 6.45) is 1.86. The van der Waals surface area contributed by atoms with Crippen LogP contribution in [0.3, 0.4) is 0 Å². The van der Waals surface area contributed by atoms with Crippen LogP contribution in [0, 0.1) is 0 Å². The molecule has 0 aliphatic rings. The molecule has 132 valence electrons. The van der Waals surface area contributed by atoms with Crippen LogP contribution in [0.4, 0.5) is 5.69 Å². The van der Waals surface area contributed by atoms with Gasteiger partial charge in [-0.1, -0.05) is 36.4 Å². The van der Waals surface area contributed by atoms with Crippen molar-refractivity contribution in [1.82, 2.24) is 4.98 Å². The number of fused-ring (bicyclic) bond motifs is 1. The molecule has 0 spiro atoms. The van der Waals surface area contributed by atoms with Gasteiger partial charge in [-0.25, -0.2) is 4.79 Å². The van der Waals surface area contributed by atoms with E-state index in [1.165, 1.54) is 6.07 Å². The van der Waals surface area contributed by atoms with E-state index in [2.05, 4.69) is 10.3 Å². The number of carbonyl (C=O) groups is 2. The number of benzene rings is 3. The van der Waals surface area contributed by atoms with Crippen LogP contribution in [-0.4, -0.2) is 22.0 Å². The van der Waals surface area contributed by atoms with E-state index in [0.29, 0.717) is 5.56 Å². The van der Waals surface area contributed by atoms with Crippen LogP contribution in [0.1, 0.15) is 20.7 Å². The van der Waals surface area contributed by atoms with E-state index >= 15 is 0 Å². The fourth-order valence-electron chi connectivity index (χ4n) is 3.12. The van der Waals surface area contributed by atoms with Gasteiger partial charge < -0.3 is 15.4 Å². The summed E-state index contributed by atoms with van der Waals surface area (Å²) in [6, 6.07) is 21.5. The quantitative estimate of drug-likeness (QED) is 0.492. The summed E-state index contributed by atoms with van der Waals surface area (Å²) in [5.41, 5.74) is 3.55. The summed E-state index contributed by atoms with van der Waals surface area (Å²) in [5, 5.41) is 13.3. The van der Waals surface area contributed by atoms with Crippen molar-refractivity contribution in [3.63, 3.8) is 0 Å². The molecular formula is C22H16N2O3. The maximum Gasteiger partial charge on any atom is 0.337 e. The Morgan fingerprint density at radius 2 is 1.70 bits per heavy atom. The molecule has 5 nitrogen and oxygen atoms in total. The molecular weight excluding hydrogens is 340 g/mol. The van der Waals surface area contributed by atoms with Gasteiger partial charge in [0.1, 0.15) is 0 Å². The number of carboxylic acid groups (broad SMARTS) is 1. The fraction of sp³-hybridized carbons (Fsp3) is 0. The molecule has 0 aliphatic carbocycles. The van der Waals surface area contributed by atoms with Crippen LogP contribution in [0.2, 0.25) is 0 Å². The molecule has 0 bridgehead atoms. The van der Waals surface area contributed by atoms with Crippen molar-refractivity contribution in [3.05, 3.63) is 90.1 Å². The van der Waals surface area contributed by atoms with Gasteiger partial charge in [0.2, 0.25) is 0 Å². The molecule has 1 amide bonds. The van der Waals surface area contributed by atoms with Crippen LogP contribution in [0.15, 0.2) is 79.0 Å². The van der Waals surface area contributed by atoms with Crippen molar-refractivity contribution in [2.24, 2.45) is 0 Å². The Morgan fingerprint density at radius 3 is 2.48 bits per heavy atom. The SMILES string of the molecule is O=C(Nc1cc(-c2cccc3[nH]ccc23)ccc1C(=O)O)c1ccccc1. The summed E-state index contributed by atoms with van der Waals surface area (Å²) in [6.45, 7) is 0. The van der Waals surface area contributed by atoms with E-state index in [-0.39, 0.29) is 17.2 Å². The van der Waals surface area contributed by atoms with Crippen LogP contribution in [-0.2, 0) is 0 Å². The first-order valence-corrected chi connectivity index (χ1v) is 8.44. The van der Waals surface area contributed by atoms with Crippen LogP contribution in [0.5, 0.6) is 0 Å². The Hall–Kier alpha value is -3.86. The number of anilines is 1. The molecule has 4 rings (SSSR count). The van der Waals surface area contributed by atoms with Gasteiger partial charge in [0.25, 0.3) is 5.91 Å². The lowest BCUT2D eigenvalue weighted by Crippen LogP contribution is -2.14. The van der Waals surface area contributed by atoms with Crippen molar-refractivity contribution < 1.29 is 14.7 Å². The van der Waals surface area contributed by atoms with Crippen molar-refractivity contribution in [1.29, 1.82) is 0 Å². The standard InChI is InChI=1S/C22H16N2O3/c25-21(14-5-2-1-3-6-14)24-20-13-15(9-10-18(20)22(26)27)16-7-4-8-19-17(16)11-12-23-19/h1-13,23H,(H,24,25)(H,26,27). The van der Waals surface area contributed by atoms with Crippen LogP contribution in [0.25, 0.3) is 22.0 Å². The Labute approximate surface area is 155 Å². The lowest BCUT2D eigenvalue weighted by Gasteiger charge is -2.12. The number of aromatic amines is 1. The number of nitrogens with one attached hydrogen (secondary N) is 2. The number of hydrogen-bond donors (Lipinski definition) is 3. The van der Waals surface area contributed by atoms with E-state index in [9.17, 15) is 14.7 Å². The van der Waals surface area contributed by atoms with Gasteiger partial charge in [-0.2, -0.15) is 0 Å². The average Bonchev–Trinajstić information content (AvgIpc) is 3.17. The molecule has 3 aromatic carbocycles. The molecule has 0 aliphatic heterocycles. The summed E-state index contributed by atoms with van der Waals surface area (Å²) in [7, 11) is 0. The van der Waals surface area contributed by atoms with Crippen molar-refractivity contribution in [3.8, 4) is 11.1 Å². The smallest absolute Gasteiger partial charge is 0.337 e. The molecule has 0 unspecified atom stereocenters. The minimum atomic E-state index is -1.09. The third kappa shape index (κ3) is 3.18. The van der Waals surface area contributed by atoms with Gasteiger partial charge in [0.05, 0.1) is 11.3 Å². The third-order valence-electron chi connectivity index (χ3n) is 4.44. The second-order valence-electron chi connectivity index (χ2n) is 6.13. The highest BCUT2D eigenvalue weighted by atomic mass is 16.4. The minimum Gasteiger partial charge on any atom is -0.478 e. The van der Waals surface area contributed by atoms with E-state index in [4.69, 9.17) is 0 Å². The Balaban J connectivity index is 1.78. The third-order valence-corrected chi connectivity index (χ3v) is 4.44. The van der Waals surface area contributed by atoms with Crippen molar-refractivity contribution >= 4 is 28.5 Å². The lowest BCUT2D eigenvalue weighted by molar-refractivity contribution is 0.0698. The topological polar surface area (TPSA) is 82.2 Å². The predicted molar refractivity (Wildman–Crippen MR) is 105 cm³/mol. The average molecular weight is 356 g/mol. The number of aromatic carboxylic acids is 1. The molecule has 4 aromatic rings. The monoisotopic (exact) mass is 356 g/mol. The fourth-order valence-corrected chi connectivity index (χ4v) is 3.12. The van der Waals surface area contributed by atoms with Gasteiger partial charge in [-0.05, 0) is 47.5 Å².